The molecule has 2 N–H and O–H groups in total. The Morgan fingerprint density at radius 2 is 1.85 bits per heavy atom. The maximum atomic E-state index is 12.7. The molecule has 0 fully saturated rings. The molecule has 0 spiro atoms. The van der Waals surface area contributed by atoms with Gasteiger partial charge in [-0.05, 0) is 42.8 Å². The second-order valence-corrected chi connectivity index (χ2v) is 4.61. The summed E-state index contributed by atoms with van der Waals surface area (Å²) in [5.41, 5.74) is 2.12. The molecule has 20 heavy (non-hydrogen) atoms. The van der Waals surface area contributed by atoms with Crippen molar-refractivity contribution in [1.82, 2.24) is 0 Å². The molecule has 2 aromatic carbocycles. The van der Waals surface area contributed by atoms with Gasteiger partial charge in [0.05, 0.1) is 0 Å². The first-order valence-electron chi connectivity index (χ1n) is 6.51. The summed E-state index contributed by atoms with van der Waals surface area (Å²) in [6, 6.07) is 13.6. The maximum Gasteiger partial charge on any atom is 0.123 e. The molecule has 106 valence electrons. The minimum atomic E-state index is -0.639. The number of aliphatic hydroxyl groups is 1. The van der Waals surface area contributed by atoms with Crippen molar-refractivity contribution in [1.29, 1.82) is 0 Å². The predicted molar refractivity (Wildman–Crippen MR) is 77.6 cm³/mol. The van der Waals surface area contributed by atoms with Crippen molar-refractivity contribution < 1.29 is 14.2 Å². The predicted octanol–water partition coefficient (Wildman–Crippen LogP) is 2.99. The molecule has 0 aliphatic heterocycles. The number of hydrogen-bond donors (Lipinski definition) is 2. The number of halogens is 1. The Morgan fingerprint density at radius 1 is 1.15 bits per heavy atom. The fourth-order valence-electron chi connectivity index (χ4n) is 1.78. The number of aliphatic hydroxyl groups excluding tert-OH is 1. The van der Waals surface area contributed by atoms with Gasteiger partial charge in [-0.15, -0.1) is 0 Å². The first-order chi connectivity index (χ1) is 9.65. The van der Waals surface area contributed by atoms with E-state index < -0.39 is 6.10 Å². The Morgan fingerprint density at radius 3 is 2.55 bits per heavy atom. The lowest BCUT2D eigenvalue weighted by Gasteiger charge is -2.15. The van der Waals surface area contributed by atoms with Gasteiger partial charge in [0, 0.05) is 12.2 Å². The molecule has 0 saturated carbocycles. The number of anilines is 1. The normalized spacial score (nSPS) is 11.9. The van der Waals surface area contributed by atoms with Gasteiger partial charge in [-0.25, -0.2) is 4.39 Å². The van der Waals surface area contributed by atoms with Crippen LogP contribution in [0.15, 0.2) is 48.5 Å². The summed E-state index contributed by atoms with van der Waals surface area (Å²) in [4.78, 5) is 0. The van der Waals surface area contributed by atoms with Crippen LogP contribution in [0, 0.1) is 12.7 Å². The van der Waals surface area contributed by atoms with E-state index in [0.717, 1.165) is 11.3 Å². The number of rotatable bonds is 6. The number of nitrogens with one attached hydrogen (secondary N) is 1. The molecule has 0 heterocycles. The molecular weight excluding hydrogens is 257 g/mol. The Balaban J connectivity index is 1.77. The van der Waals surface area contributed by atoms with E-state index in [4.69, 9.17) is 4.74 Å². The second kappa shape index (κ2) is 6.91. The van der Waals surface area contributed by atoms with Gasteiger partial charge in [-0.1, -0.05) is 18.2 Å². The average molecular weight is 275 g/mol. The highest BCUT2D eigenvalue weighted by Crippen LogP contribution is 2.14. The summed E-state index contributed by atoms with van der Waals surface area (Å²) in [5, 5.41) is 13.0. The van der Waals surface area contributed by atoms with Crippen LogP contribution in [0.1, 0.15) is 5.56 Å². The van der Waals surface area contributed by atoms with Gasteiger partial charge in [-0.2, -0.15) is 0 Å². The minimum absolute atomic E-state index is 0.157. The monoisotopic (exact) mass is 275 g/mol. The quantitative estimate of drug-likeness (QED) is 0.851. The molecule has 2 aromatic rings. The molecule has 3 nitrogen and oxygen atoms in total. The van der Waals surface area contributed by atoms with Crippen LogP contribution in [0.4, 0.5) is 10.1 Å². The number of benzene rings is 2. The lowest BCUT2D eigenvalue weighted by atomic mass is 10.2. The smallest absolute Gasteiger partial charge is 0.123 e. The van der Waals surface area contributed by atoms with E-state index in [2.05, 4.69) is 5.32 Å². The van der Waals surface area contributed by atoms with Crippen LogP contribution in [-0.2, 0) is 0 Å². The van der Waals surface area contributed by atoms with Crippen molar-refractivity contribution in [3.8, 4) is 5.75 Å². The summed E-state index contributed by atoms with van der Waals surface area (Å²) in [7, 11) is 0. The highest BCUT2D eigenvalue weighted by Gasteiger charge is 2.06. The summed E-state index contributed by atoms with van der Waals surface area (Å²) in [5.74, 6) is 0.237. The molecule has 2 rings (SSSR count). The van der Waals surface area contributed by atoms with E-state index in [9.17, 15) is 9.50 Å². The Bertz CT molecular complexity index is 542. The van der Waals surface area contributed by atoms with Crippen molar-refractivity contribution in [2.45, 2.75) is 13.0 Å². The van der Waals surface area contributed by atoms with Crippen LogP contribution in [0.25, 0.3) is 0 Å². The highest BCUT2D eigenvalue weighted by atomic mass is 19.1. The largest absolute Gasteiger partial charge is 0.491 e. The SMILES string of the molecule is Cc1ccccc1NCC(O)COc1ccc(F)cc1. The first-order valence-corrected chi connectivity index (χ1v) is 6.51. The second-order valence-electron chi connectivity index (χ2n) is 4.61. The summed E-state index contributed by atoms with van der Waals surface area (Å²) in [6.07, 6.45) is -0.639. The van der Waals surface area contributed by atoms with Crippen LogP contribution in [0.5, 0.6) is 5.75 Å². The van der Waals surface area contributed by atoms with Crippen LogP contribution in [0.2, 0.25) is 0 Å². The Labute approximate surface area is 118 Å². The average Bonchev–Trinajstić information content (AvgIpc) is 2.46. The van der Waals surface area contributed by atoms with Gasteiger partial charge in [0.1, 0.15) is 24.3 Å². The highest BCUT2D eigenvalue weighted by molar-refractivity contribution is 5.50. The topological polar surface area (TPSA) is 41.5 Å². The molecule has 0 amide bonds. The van der Waals surface area contributed by atoms with Gasteiger partial charge in [0.25, 0.3) is 0 Å². The van der Waals surface area contributed by atoms with Crippen molar-refractivity contribution in [2.24, 2.45) is 0 Å². The third-order valence-electron chi connectivity index (χ3n) is 2.93. The Kier molecular flexibility index (Phi) is 4.96. The molecule has 1 unspecified atom stereocenters. The number of ether oxygens (including phenoxy) is 1. The zero-order valence-corrected chi connectivity index (χ0v) is 11.3. The van der Waals surface area contributed by atoms with E-state index in [1.165, 1.54) is 24.3 Å². The van der Waals surface area contributed by atoms with E-state index in [1.54, 1.807) is 0 Å². The van der Waals surface area contributed by atoms with E-state index >= 15 is 0 Å². The van der Waals surface area contributed by atoms with Gasteiger partial charge >= 0.3 is 0 Å². The summed E-state index contributed by atoms with van der Waals surface area (Å²) in [6.45, 7) is 2.56. The van der Waals surface area contributed by atoms with Crippen LogP contribution >= 0.6 is 0 Å². The zero-order valence-electron chi connectivity index (χ0n) is 11.3. The van der Waals surface area contributed by atoms with E-state index in [0.29, 0.717) is 12.3 Å². The Hall–Kier alpha value is -2.07. The third kappa shape index (κ3) is 4.24. The molecule has 1 atom stereocenters. The number of hydrogen-bond acceptors (Lipinski definition) is 3. The van der Waals surface area contributed by atoms with Crippen molar-refractivity contribution in [3.63, 3.8) is 0 Å². The van der Waals surface area contributed by atoms with E-state index in [-0.39, 0.29) is 12.4 Å². The van der Waals surface area contributed by atoms with Crippen LogP contribution in [0.3, 0.4) is 0 Å². The number of aryl methyl sites for hydroxylation is 1. The van der Waals surface area contributed by atoms with Gasteiger partial charge < -0.3 is 15.2 Å². The number of para-hydroxylation sites is 1. The van der Waals surface area contributed by atoms with Crippen LogP contribution in [-0.4, -0.2) is 24.4 Å². The third-order valence-corrected chi connectivity index (χ3v) is 2.93. The lowest BCUT2D eigenvalue weighted by Crippen LogP contribution is -2.26. The minimum Gasteiger partial charge on any atom is -0.491 e. The summed E-state index contributed by atoms with van der Waals surface area (Å²) < 4.78 is 18.1. The molecule has 0 aliphatic carbocycles. The van der Waals surface area contributed by atoms with Crippen LogP contribution < -0.4 is 10.1 Å². The van der Waals surface area contributed by atoms with Gasteiger partial charge in [0.2, 0.25) is 0 Å². The molecule has 0 aromatic heterocycles. The molecule has 0 aliphatic rings. The standard InChI is InChI=1S/C16H18FNO2/c1-12-4-2-3-5-16(12)18-10-14(19)11-20-15-8-6-13(17)7-9-15/h2-9,14,18-19H,10-11H2,1H3. The zero-order chi connectivity index (χ0) is 14.4. The molecule has 0 radical (unpaired) electrons. The summed E-state index contributed by atoms with van der Waals surface area (Å²) >= 11 is 0. The fourth-order valence-corrected chi connectivity index (χ4v) is 1.78. The van der Waals surface area contributed by atoms with Crippen molar-refractivity contribution in [3.05, 3.63) is 59.9 Å². The maximum absolute atomic E-state index is 12.7. The lowest BCUT2D eigenvalue weighted by molar-refractivity contribution is 0.117. The van der Waals surface area contributed by atoms with Gasteiger partial charge in [-0.3, -0.25) is 0 Å². The fraction of sp³-hybridized carbons (Fsp3) is 0.250. The van der Waals surface area contributed by atoms with E-state index in [1.807, 2.05) is 31.2 Å². The molecule has 0 saturated heterocycles. The first kappa shape index (κ1) is 14.3. The molecule has 4 heteroatoms. The molecular formula is C16H18FNO2. The van der Waals surface area contributed by atoms with Crippen molar-refractivity contribution in [2.75, 3.05) is 18.5 Å². The van der Waals surface area contributed by atoms with Crippen molar-refractivity contribution >= 4 is 5.69 Å². The molecule has 0 bridgehead atoms. The van der Waals surface area contributed by atoms with Gasteiger partial charge in [0.15, 0.2) is 0 Å².